The van der Waals surface area contributed by atoms with E-state index >= 15 is 0 Å². The van der Waals surface area contributed by atoms with Crippen molar-refractivity contribution >= 4 is 23.1 Å². The van der Waals surface area contributed by atoms with Crippen molar-refractivity contribution in [2.24, 2.45) is 0 Å². The third kappa shape index (κ3) is 1.16. The molecule has 2 heterocycles. The molecular weight excluding hydrogens is 186 g/mol. The van der Waals surface area contributed by atoms with Gasteiger partial charge in [-0.25, -0.2) is 4.98 Å². The van der Waals surface area contributed by atoms with E-state index < -0.39 is 0 Å². The molecular formula is C9H10ClN3. The number of fused-ring (bicyclic) bond motifs is 1. The smallest absolute Gasteiger partial charge is 0.157 e. The first-order valence-corrected chi connectivity index (χ1v) is 4.37. The van der Waals surface area contributed by atoms with Crippen molar-refractivity contribution in [1.82, 2.24) is 9.38 Å². The SMILES string of the molecule is Cc1cc(Cl)c2nc(C)c(N)n2c1. The van der Waals surface area contributed by atoms with E-state index in [-0.39, 0.29) is 0 Å². The molecule has 2 aromatic rings. The van der Waals surface area contributed by atoms with E-state index in [2.05, 4.69) is 4.98 Å². The van der Waals surface area contributed by atoms with Crippen molar-refractivity contribution in [3.8, 4) is 0 Å². The van der Waals surface area contributed by atoms with Crippen LogP contribution < -0.4 is 5.73 Å². The number of aromatic nitrogens is 2. The molecule has 2 rings (SSSR count). The molecule has 0 fully saturated rings. The van der Waals surface area contributed by atoms with Crippen LogP contribution >= 0.6 is 11.6 Å². The van der Waals surface area contributed by atoms with Crippen LogP contribution in [-0.4, -0.2) is 9.38 Å². The van der Waals surface area contributed by atoms with Gasteiger partial charge in [-0.15, -0.1) is 0 Å². The van der Waals surface area contributed by atoms with E-state index in [0.29, 0.717) is 10.8 Å². The number of imidazole rings is 1. The lowest BCUT2D eigenvalue weighted by molar-refractivity contribution is 1.16. The van der Waals surface area contributed by atoms with E-state index in [1.807, 2.05) is 30.5 Å². The normalized spacial score (nSPS) is 11.0. The number of nitrogens with zero attached hydrogens (tertiary/aromatic N) is 2. The molecule has 0 bridgehead atoms. The number of nitrogens with two attached hydrogens (primary N) is 1. The van der Waals surface area contributed by atoms with Gasteiger partial charge in [-0.2, -0.15) is 0 Å². The fourth-order valence-corrected chi connectivity index (χ4v) is 1.67. The number of anilines is 1. The van der Waals surface area contributed by atoms with E-state index in [0.717, 1.165) is 16.9 Å². The number of halogens is 1. The quantitative estimate of drug-likeness (QED) is 0.700. The summed E-state index contributed by atoms with van der Waals surface area (Å²) in [5, 5.41) is 0.639. The van der Waals surface area contributed by atoms with Crippen molar-refractivity contribution in [2.75, 3.05) is 5.73 Å². The van der Waals surface area contributed by atoms with Crippen LogP contribution in [0, 0.1) is 13.8 Å². The Balaban J connectivity index is 2.94. The second-order valence-electron chi connectivity index (χ2n) is 3.14. The van der Waals surface area contributed by atoms with Crippen LogP contribution in [0.25, 0.3) is 5.65 Å². The minimum Gasteiger partial charge on any atom is -0.383 e. The van der Waals surface area contributed by atoms with Crippen LogP contribution in [0.3, 0.4) is 0 Å². The van der Waals surface area contributed by atoms with E-state index in [4.69, 9.17) is 17.3 Å². The number of rotatable bonds is 0. The van der Waals surface area contributed by atoms with Crippen molar-refractivity contribution in [3.05, 3.63) is 28.5 Å². The summed E-state index contributed by atoms with van der Waals surface area (Å²) < 4.78 is 1.81. The molecule has 0 saturated carbocycles. The highest BCUT2D eigenvalue weighted by Gasteiger charge is 2.08. The third-order valence-corrected chi connectivity index (χ3v) is 2.31. The van der Waals surface area contributed by atoms with Gasteiger partial charge >= 0.3 is 0 Å². The Hall–Kier alpha value is -1.22. The highest BCUT2D eigenvalue weighted by Crippen LogP contribution is 2.22. The molecule has 0 spiro atoms. The molecule has 2 N–H and O–H groups in total. The Morgan fingerprint density at radius 2 is 2.15 bits per heavy atom. The average molecular weight is 196 g/mol. The standard InChI is InChI=1S/C9H10ClN3/c1-5-3-7(10)9-12-6(2)8(11)13(9)4-5/h3-4H,11H2,1-2H3. The highest BCUT2D eigenvalue weighted by atomic mass is 35.5. The van der Waals surface area contributed by atoms with Gasteiger partial charge in [0.1, 0.15) is 5.82 Å². The summed E-state index contributed by atoms with van der Waals surface area (Å²) in [6, 6.07) is 1.88. The van der Waals surface area contributed by atoms with Gasteiger partial charge in [0.25, 0.3) is 0 Å². The number of hydrogen-bond acceptors (Lipinski definition) is 2. The second-order valence-corrected chi connectivity index (χ2v) is 3.55. The fraction of sp³-hybridized carbons (Fsp3) is 0.222. The predicted molar refractivity (Wildman–Crippen MR) is 54.1 cm³/mol. The molecule has 68 valence electrons. The zero-order chi connectivity index (χ0) is 9.59. The van der Waals surface area contributed by atoms with Crippen molar-refractivity contribution in [3.63, 3.8) is 0 Å². The third-order valence-electron chi connectivity index (χ3n) is 2.03. The molecule has 0 aliphatic heterocycles. The summed E-state index contributed by atoms with van der Waals surface area (Å²) in [7, 11) is 0. The summed E-state index contributed by atoms with van der Waals surface area (Å²) in [6.07, 6.45) is 1.93. The Bertz CT molecular complexity index is 473. The fourth-order valence-electron chi connectivity index (χ4n) is 1.36. The lowest BCUT2D eigenvalue weighted by Gasteiger charge is -1.99. The maximum atomic E-state index is 6.01. The zero-order valence-corrected chi connectivity index (χ0v) is 8.26. The maximum absolute atomic E-state index is 6.01. The minimum absolute atomic E-state index is 0.639. The zero-order valence-electron chi connectivity index (χ0n) is 7.50. The van der Waals surface area contributed by atoms with E-state index in [9.17, 15) is 0 Å². The maximum Gasteiger partial charge on any atom is 0.157 e. The molecule has 4 heteroatoms. The molecule has 2 aromatic heterocycles. The Morgan fingerprint density at radius 3 is 2.85 bits per heavy atom. The number of nitrogen functional groups attached to an aromatic ring is 1. The topological polar surface area (TPSA) is 43.3 Å². The van der Waals surface area contributed by atoms with Gasteiger partial charge < -0.3 is 5.73 Å². The Kier molecular flexibility index (Phi) is 1.70. The molecule has 0 saturated heterocycles. The summed E-state index contributed by atoms with van der Waals surface area (Å²) in [6.45, 7) is 3.84. The molecule has 13 heavy (non-hydrogen) atoms. The molecule has 0 aromatic carbocycles. The van der Waals surface area contributed by atoms with Crippen molar-refractivity contribution in [1.29, 1.82) is 0 Å². The molecule has 0 unspecified atom stereocenters. The molecule has 0 aliphatic rings. The van der Waals surface area contributed by atoms with Crippen LogP contribution in [-0.2, 0) is 0 Å². The predicted octanol–water partition coefficient (Wildman–Crippen LogP) is 2.19. The van der Waals surface area contributed by atoms with E-state index in [1.54, 1.807) is 0 Å². The van der Waals surface area contributed by atoms with Crippen molar-refractivity contribution < 1.29 is 0 Å². The van der Waals surface area contributed by atoms with Crippen LogP contribution in [0.15, 0.2) is 12.3 Å². The van der Waals surface area contributed by atoms with Gasteiger partial charge in [-0.05, 0) is 25.5 Å². The lowest BCUT2D eigenvalue weighted by atomic mass is 10.3. The van der Waals surface area contributed by atoms with Gasteiger partial charge in [0.15, 0.2) is 5.65 Å². The lowest BCUT2D eigenvalue weighted by Crippen LogP contribution is -1.94. The summed E-state index contributed by atoms with van der Waals surface area (Å²) in [4.78, 5) is 4.26. The Labute approximate surface area is 81.1 Å². The number of hydrogen-bond donors (Lipinski definition) is 1. The monoisotopic (exact) mass is 195 g/mol. The van der Waals surface area contributed by atoms with Gasteiger partial charge in [0.05, 0.1) is 10.7 Å². The first-order chi connectivity index (χ1) is 6.09. The summed E-state index contributed by atoms with van der Waals surface area (Å²) >= 11 is 6.01. The first kappa shape index (κ1) is 8.38. The van der Waals surface area contributed by atoms with E-state index in [1.165, 1.54) is 0 Å². The Morgan fingerprint density at radius 1 is 1.46 bits per heavy atom. The first-order valence-electron chi connectivity index (χ1n) is 4.00. The van der Waals surface area contributed by atoms with Crippen molar-refractivity contribution in [2.45, 2.75) is 13.8 Å². The molecule has 0 aliphatic carbocycles. The van der Waals surface area contributed by atoms with Crippen LogP contribution in [0.2, 0.25) is 5.02 Å². The van der Waals surface area contributed by atoms with Gasteiger partial charge in [0, 0.05) is 6.20 Å². The van der Waals surface area contributed by atoms with Gasteiger partial charge in [-0.1, -0.05) is 11.6 Å². The van der Waals surface area contributed by atoms with Gasteiger partial charge in [0.2, 0.25) is 0 Å². The number of aryl methyl sites for hydroxylation is 2. The number of pyridine rings is 1. The molecule has 0 atom stereocenters. The molecule has 3 nitrogen and oxygen atoms in total. The molecule has 0 radical (unpaired) electrons. The average Bonchev–Trinajstić information content (AvgIpc) is 2.32. The summed E-state index contributed by atoms with van der Waals surface area (Å²) in [5.74, 6) is 0.653. The van der Waals surface area contributed by atoms with Crippen LogP contribution in [0.1, 0.15) is 11.3 Å². The van der Waals surface area contributed by atoms with Crippen LogP contribution in [0.4, 0.5) is 5.82 Å². The molecule has 0 amide bonds. The second kappa shape index (κ2) is 2.64. The largest absolute Gasteiger partial charge is 0.383 e. The van der Waals surface area contributed by atoms with Crippen LogP contribution in [0.5, 0.6) is 0 Å². The highest BCUT2D eigenvalue weighted by molar-refractivity contribution is 6.33. The van der Waals surface area contributed by atoms with Gasteiger partial charge in [-0.3, -0.25) is 4.40 Å². The minimum atomic E-state index is 0.639. The summed E-state index contributed by atoms with van der Waals surface area (Å²) in [5.41, 5.74) is 8.43.